The van der Waals surface area contributed by atoms with Crippen molar-refractivity contribution in [3.05, 3.63) is 35.9 Å². The predicted octanol–water partition coefficient (Wildman–Crippen LogP) is 3.32. The van der Waals surface area contributed by atoms with Crippen molar-refractivity contribution in [2.75, 3.05) is 26.2 Å². The Morgan fingerprint density at radius 3 is 2.37 bits per heavy atom. The molecule has 1 aromatic carbocycles. The monoisotopic (exact) mass is 374 g/mol. The number of likely N-dealkylation sites (tertiary alicyclic amines) is 1. The molecule has 1 aliphatic heterocycles. The molecule has 27 heavy (non-hydrogen) atoms. The minimum absolute atomic E-state index is 0.429. The number of piperidine rings is 1. The van der Waals surface area contributed by atoms with E-state index >= 15 is 0 Å². The molecule has 5 nitrogen and oxygen atoms in total. The molecule has 1 heterocycles. The molecular formula is C22H38N4O. The molecule has 0 aliphatic carbocycles. The highest BCUT2D eigenvalue weighted by Gasteiger charge is 2.25. The smallest absolute Gasteiger partial charge is 0.191 e. The van der Waals surface area contributed by atoms with E-state index in [9.17, 15) is 5.11 Å². The van der Waals surface area contributed by atoms with E-state index in [-0.39, 0.29) is 0 Å². The first-order chi connectivity index (χ1) is 13.0. The molecule has 0 amide bonds. The molecule has 3 N–H and O–H groups in total. The van der Waals surface area contributed by atoms with E-state index in [0.29, 0.717) is 18.6 Å². The zero-order chi connectivity index (χ0) is 19.7. The third-order valence-corrected chi connectivity index (χ3v) is 5.89. The van der Waals surface area contributed by atoms with Crippen molar-refractivity contribution < 1.29 is 5.11 Å². The third-order valence-electron chi connectivity index (χ3n) is 5.89. The fourth-order valence-electron chi connectivity index (χ4n) is 3.59. The standard InChI is InChI=1S/C22H38N4O/c1-5-22(27,6-2)17-24-21(23-7-3)25-20-13-15-26(16-14-20)18(4)19-11-9-8-10-12-19/h8-12,18,20,27H,5-7,13-17H2,1-4H3,(H2,23,24,25). The molecule has 1 aromatic rings. The van der Waals surface area contributed by atoms with Crippen LogP contribution in [0.3, 0.4) is 0 Å². The summed E-state index contributed by atoms with van der Waals surface area (Å²) in [6, 6.07) is 11.6. The van der Waals surface area contributed by atoms with Crippen LogP contribution >= 0.6 is 0 Å². The van der Waals surface area contributed by atoms with Gasteiger partial charge in [-0.25, -0.2) is 0 Å². The molecule has 0 spiro atoms. The van der Waals surface area contributed by atoms with Crippen LogP contribution in [0.15, 0.2) is 35.3 Å². The molecule has 5 heteroatoms. The highest BCUT2D eigenvalue weighted by atomic mass is 16.3. The first-order valence-corrected chi connectivity index (χ1v) is 10.6. The quantitative estimate of drug-likeness (QED) is 0.483. The molecule has 152 valence electrons. The average Bonchev–Trinajstić information content (AvgIpc) is 2.72. The zero-order valence-electron chi connectivity index (χ0n) is 17.5. The summed E-state index contributed by atoms with van der Waals surface area (Å²) in [4.78, 5) is 7.21. The van der Waals surface area contributed by atoms with Gasteiger partial charge in [0.2, 0.25) is 0 Å². The van der Waals surface area contributed by atoms with Crippen molar-refractivity contribution in [1.29, 1.82) is 0 Å². The van der Waals surface area contributed by atoms with Crippen LogP contribution in [0.4, 0.5) is 0 Å². The lowest BCUT2D eigenvalue weighted by Gasteiger charge is -2.37. The van der Waals surface area contributed by atoms with Gasteiger partial charge < -0.3 is 15.7 Å². The van der Waals surface area contributed by atoms with Crippen LogP contribution < -0.4 is 10.6 Å². The van der Waals surface area contributed by atoms with Gasteiger partial charge in [-0.2, -0.15) is 0 Å². The van der Waals surface area contributed by atoms with Gasteiger partial charge in [0.15, 0.2) is 5.96 Å². The maximum Gasteiger partial charge on any atom is 0.191 e. The van der Waals surface area contributed by atoms with Crippen LogP contribution in [-0.2, 0) is 0 Å². The van der Waals surface area contributed by atoms with Crippen molar-refractivity contribution in [1.82, 2.24) is 15.5 Å². The first-order valence-electron chi connectivity index (χ1n) is 10.6. The van der Waals surface area contributed by atoms with Crippen molar-refractivity contribution >= 4 is 5.96 Å². The summed E-state index contributed by atoms with van der Waals surface area (Å²) in [5.74, 6) is 0.826. The van der Waals surface area contributed by atoms with Crippen LogP contribution in [0.2, 0.25) is 0 Å². The van der Waals surface area contributed by atoms with Crippen molar-refractivity contribution in [2.24, 2.45) is 4.99 Å². The van der Waals surface area contributed by atoms with E-state index < -0.39 is 5.60 Å². The van der Waals surface area contributed by atoms with Crippen molar-refractivity contribution in [3.8, 4) is 0 Å². The topological polar surface area (TPSA) is 59.9 Å². The van der Waals surface area contributed by atoms with Gasteiger partial charge in [0.05, 0.1) is 12.1 Å². The Balaban J connectivity index is 1.88. The summed E-state index contributed by atoms with van der Waals surface area (Å²) in [5.41, 5.74) is 0.689. The van der Waals surface area contributed by atoms with Gasteiger partial charge in [0.25, 0.3) is 0 Å². The summed E-state index contributed by atoms with van der Waals surface area (Å²) >= 11 is 0. The van der Waals surface area contributed by atoms with Crippen molar-refractivity contribution in [2.45, 2.75) is 71.1 Å². The van der Waals surface area contributed by atoms with E-state index in [1.807, 2.05) is 13.8 Å². The molecule has 0 saturated carbocycles. The Labute approximate surface area is 165 Å². The molecule has 1 saturated heterocycles. The Hall–Kier alpha value is -1.59. The number of nitrogens with one attached hydrogen (secondary N) is 2. The molecule has 1 atom stereocenters. The van der Waals surface area contributed by atoms with Gasteiger partial charge in [-0.3, -0.25) is 9.89 Å². The molecule has 1 fully saturated rings. The number of guanidine groups is 1. The minimum Gasteiger partial charge on any atom is -0.388 e. The van der Waals surface area contributed by atoms with E-state index in [4.69, 9.17) is 0 Å². The fraction of sp³-hybridized carbons (Fsp3) is 0.682. The van der Waals surface area contributed by atoms with Crippen LogP contribution in [0.5, 0.6) is 0 Å². The number of aliphatic hydroxyl groups is 1. The second-order valence-electron chi connectivity index (χ2n) is 7.67. The fourth-order valence-corrected chi connectivity index (χ4v) is 3.59. The van der Waals surface area contributed by atoms with Gasteiger partial charge >= 0.3 is 0 Å². The number of hydrogen-bond donors (Lipinski definition) is 3. The summed E-state index contributed by atoms with van der Waals surface area (Å²) in [6.45, 7) is 11.8. The van der Waals surface area contributed by atoms with Gasteiger partial charge in [-0.1, -0.05) is 44.2 Å². The Morgan fingerprint density at radius 1 is 1.19 bits per heavy atom. The number of aliphatic imine (C=N–C) groups is 1. The first kappa shape index (κ1) is 21.7. The highest BCUT2D eigenvalue weighted by Crippen LogP contribution is 2.24. The van der Waals surface area contributed by atoms with Gasteiger partial charge in [-0.05, 0) is 45.1 Å². The lowest BCUT2D eigenvalue weighted by atomic mass is 9.98. The maximum absolute atomic E-state index is 10.5. The maximum atomic E-state index is 10.5. The average molecular weight is 375 g/mol. The number of hydrogen-bond acceptors (Lipinski definition) is 3. The molecular weight excluding hydrogens is 336 g/mol. The minimum atomic E-state index is -0.698. The molecule has 2 rings (SSSR count). The van der Waals surface area contributed by atoms with Crippen LogP contribution in [-0.4, -0.2) is 53.8 Å². The highest BCUT2D eigenvalue weighted by molar-refractivity contribution is 5.80. The number of rotatable bonds is 8. The zero-order valence-corrected chi connectivity index (χ0v) is 17.5. The molecule has 0 bridgehead atoms. The largest absolute Gasteiger partial charge is 0.388 e. The van der Waals surface area contributed by atoms with E-state index in [1.165, 1.54) is 5.56 Å². The molecule has 1 aliphatic rings. The molecule has 0 aromatic heterocycles. The second-order valence-corrected chi connectivity index (χ2v) is 7.67. The third kappa shape index (κ3) is 6.51. The lowest BCUT2D eigenvalue weighted by molar-refractivity contribution is 0.0417. The number of nitrogens with zero attached hydrogens (tertiary/aromatic N) is 2. The summed E-state index contributed by atoms with van der Waals surface area (Å²) in [6.07, 6.45) is 3.66. The molecule has 0 radical (unpaired) electrons. The predicted molar refractivity (Wildman–Crippen MR) is 114 cm³/mol. The van der Waals surface area contributed by atoms with E-state index in [1.54, 1.807) is 0 Å². The summed E-state index contributed by atoms with van der Waals surface area (Å²) in [7, 11) is 0. The van der Waals surface area contributed by atoms with Gasteiger partial charge in [-0.15, -0.1) is 0 Å². The molecule has 1 unspecified atom stereocenters. The van der Waals surface area contributed by atoms with E-state index in [2.05, 4.69) is 64.7 Å². The second kappa shape index (κ2) is 10.7. The lowest BCUT2D eigenvalue weighted by Crippen LogP contribution is -2.49. The van der Waals surface area contributed by atoms with Crippen LogP contribution in [0.25, 0.3) is 0 Å². The van der Waals surface area contributed by atoms with Crippen LogP contribution in [0.1, 0.15) is 65.0 Å². The van der Waals surface area contributed by atoms with Crippen LogP contribution in [0, 0.1) is 0 Å². The SMILES string of the molecule is CCNC(=NCC(O)(CC)CC)NC1CCN(C(C)c2ccccc2)CC1. The summed E-state index contributed by atoms with van der Waals surface area (Å²) < 4.78 is 0. The van der Waals surface area contributed by atoms with Gasteiger partial charge in [0, 0.05) is 31.7 Å². The van der Waals surface area contributed by atoms with E-state index in [0.717, 1.165) is 51.3 Å². The Kier molecular flexibility index (Phi) is 8.58. The van der Waals surface area contributed by atoms with Crippen molar-refractivity contribution in [3.63, 3.8) is 0 Å². The Bertz CT molecular complexity index is 563. The Morgan fingerprint density at radius 2 is 1.81 bits per heavy atom. The number of benzene rings is 1. The normalized spacial score (nSPS) is 18.3. The van der Waals surface area contributed by atoms with Gasteiger partial charge in [0.1, 0.15) is 0 Å². The summed E-state index contributed by atoms with van der Waals surface area (Å²) in [5, 5.41) is 17.4.